The predicted octanol–water partition coefficient (Wildman–Crippen LogP) is 2.44. The molecular formula is C16H17NO2S2. The zero-order valence-electron chi connectivity index (χ0n) is 12.0. The van der Waals surface area contributed by atoms with E-state index in [4.69, 9.17) is 4.74 Å². The molecule has 0 amide bonds. The number of hydrogen-bond donors (Lipinski definition) is 2. The Morgan fingerprint density at radius 1 is 1.38 bits per heavy atom. The summed E-state index contributed by atoms with van der Waals surface area (Å²) in [5, 5.41) is 3.05. The van der Waals surface area contributed by atoms with E-state index in [1.54, 1.807) is 0 Å². The van der Waals surface area contributed by atoms with Crippen molar-refractivity contribution in [3.8, 4) is 23.7 Å². The molecule has 1 aromatic rings. The van der Waals surface area contributed by atoms with E-state index in [1.807, 2.05) is 31.3 Å². The average molecular weight is 319 g/mol. The van der Waals surface area contributed by atoms with Gasteiger partial charge in [-0.15, -0.1) is 11.7 Å². The highest BCUT2D eigenvalue weighted by molar-refractivity contribution is 8.74. The standard InChI is InChI=1S/C16H17NO2S2/c1-13(17-2)15-9-7-14(8-10-15)6-4-3-5-11-19-12-16(18)21-20/h7-10,13,17,20H,11-12H2,1-2H3/t13-/m1/s1. The van der Waals surface area contributed by atoms with Crippen molar-refractivity contribution in [2.75, 3.05) is 20.3 Å². The molecule has 0 saturated carbocycles. The van der Waals surface area contributed by atoms with E-state index in [1.165, 1.54) is 5.56 Å². The first-order valence-electron chi connectivity index (χ1n) is 6.35. The summed E-state index contributed by atoms with van der Waals surface area (Å²) in [5.41, 5.74) is 2.13. The Morgan fingerprint density at radius 2 is 2.10 bits per heavy atom. The number of ether oxygens (including phenoxy) is 1. The van der Waals surface area contributed by atoms with Gasteiger partial charge in [0.1, 0.15) is 13.2 Å². The summed E-state index contributed by atoms with van der Waals surface area (Å²) >= 11 is 3.77. The maximum absolute atomic E-state index is 10.9. The molecule has 0 radical (unpaired) electrons. The average Bonchev–Trinajstić information content (AvgIpc) is 2.53. The fourth-order valence-corrected chi connectivity index (χ4v) is 1.71. The van der Waals surface area contributed by atoms with Gasteiger partial charge in [0.25, 0.3) is 0 Å². The molecule has 1 aromatic carbocycles. The minimum absolute atomic E-state index is 0.0153. The molecule has 0 aliphatic carbocycles. The number of nitrogens with one attached hydrogen (secondary N) is 1. The molecule has 3 nitrogen and oxygen atoms in total. The van der Waals surface area contributed by atoms with E-state index in [0.29, 0.717) is 6.04 Å². The van der Waals surface area contributed by atoms with E-state index in [9.17, 15) is 4.79 Å². The molecule has 0 unspecified atom stereocenters. The Hall–Kier alpha value is -1.37. The second kappa shape index (κ2) is 10.4. The monoisotopic (exact) mass is 319 g/mol. The van der Waals surface area contributed by atoms with Gasteiger partial charge in [0.2, 0.25) is 5.12 Å². The molecule has 1 rings (SSSR count). The quantitative estimate of drug-likeness (QED) is 0.378. The van der Waals surface area contributed by atoms with Crippen LogP contribution >= 0.6 is 22.5 Å². The number of carbonyl (C=O) groups excluding carboxylic acids is 1. The minimum atomic E-state index is -0.137. The summed E-state index contributed by atoms with van der Waals surface area (Å²) < 4.78 is 5.03. The lowest BCUT2D eigenvalue weighted by molar-refractivity contribution is -0.114. The Bertz CT molecular complexity index is 576. The van der Waals surface area contributed by atoms with Gasteiger partial charge in [0.05, 0.1) is 0 Å². The van der Waals surface area contributed by atoms with Crippen molar-refractivity contribution in [1.29, 1.82) is 0 Å². The molecular weight excluding hydrogens is 302 g/mol. The van der Waals surface area contributed by atoms with Crippen molar-refractivity contribution < 1.29 is 9.53 Å². The fourth-order valence-electron chi connectivity index (χ4n) is 1.42. The summed E-state index contributed by atoms with van der Waals surface area (Å²) in [6.07, 6.45) is 0. The Labute approximate surface area is 135 Å². The highest BCUT2D eigenvalue weighted by Crippen LogP contribution is 2.11. The van der Waals surface area contributed by atoms with Gasteiger partial charge in [-0.25, -0.2) is 0 Å². The molecule has 110 valence electrons. The molecule has 0 heterocycles. The largest absolute Gasteiger partial charge is 0.360 e. The van der Waals surface area contributed by atoms with Crippen LogP contribution in [-0.2, 0) is 9.53 Å². The van der Waals surface area contributed by atoms with Crippen LogP contribution in [0.3, 0.4) is 0 Å². The number of benzene rings is 1. The van der Waals surface area contributed by atoms with Gasteiger partial charge in [-0.1, -0.05) is 24.0 Å². The smallest absolute Gasteiger partial charge is 0.224 e. The second-order valence-electron chi connectivity index (χ2n) is 4.14. The van der Waals surface area contributed by atoms with Crippen molar-refractivity contribution in [3.63, 3.8) is 0 Å². The van der Waals surface area contributed by atoms with Gasteiger partial charge >= 0.3 is 0 Å². The maximum atomic E-state index is 10.9. The molecule has 0 spiro atoms. The molecule has 0 aliphatic heterocycles. The van der Waals surface area contributed by atoms with Crippen LogP contribution < -0.4 is 5.32 Å². The molecule has 0 fully saturated rings. The summed E-state index contributed by atoms with van der Waals surface area (Å²) in [7, 11) is 2.77. The summed E-state index contributed by atoms with van der Waals surface area (Å²) in [6.45, 7) is 2.30. The van der Waals surface area contributed by atoms with Crippen molar-refractivity contribution in [3.05, 3.63) is 35.4 Å². The first kappa shape index (κ1) is 17.7. The summed E-state index contributed by atoms with van der Waals surface area (Å²) in [5.74, 6) is 11.1. The number of hydrogen-bond acceptors (Lipinski definition) is 5. The third-order valence-electron chi connectivity index (χ3n) is 2.70. The number of rotatable bonds is 5. The van der Waals surface area contributed by atoms with Crippen molar-refractivity contribution in [2.24, 2.45) is 0 Å². The summed E-state index contributed by atoms with van der Waals surface area (Å²) in [6, 6.07) is 8.35. The highest BCUT2D eigenvalue weighted by Gasteiger charge is 2.00. The molecule has 0 saturated heterocycles. The molecule has 1 N–H and O–H groups in total. The van der Waals surface area contributed by atoms with E-state index in [0.717, 1.165) is 16.4 Å². The van der Waals surface area contributed by atoms with Gasteiger partial charge in [0, 0.05) is 11.6 Å². The minimum Gasteiger partial charge on any atom is -0.360 e. The van der Waals surface area contributed by atoms with Crippen LogP contribution in [0.15, 0.2) is 24.3 Å². The Kier molecular flexibility index (Phi) is 8.73. The topological polar surface area (TPSA) is 38.3 Å². The first-order chi connectivity index (χ1) is 10.2. The van der Waals surface area contributed by atoms with Gasteiger partial charge < -0.3 is 10.1 Å². The van der Waals surface area contributed by atoms with E-state index >= 15 is 0 Å². The van der Waals surface area contributed by atoms with Crippen LogP contribution in [0.2, 0.25) is 0 Å². The van der Waals surface area contributed by atoms with Crippen LogP contribution in [0, 0.1) is 23.7 Å². The van der Waals surface area contributed by atoms with Gasteiger partial charge in [0.15, 0.2) is 0 Å². The van der Waals surface area contributed by atoms with Crippen LogP contribution in [0.5, 0.6) is 0 Å². The Morgan fingerprint density at radius 3 is 2.71 bits per heavy atom. The van der Waals surface area contributed by atoms with Gasteiger partial charge in [-0.3, -0.25) is 4.79 Å². The molecule has 0 aliphatic rings. The predicted molar refractivity (Wildman–Crippen MR) is 91.0 cm³/mol. The lowest BCUT2D eigenvalue weighted by atomic mass is 10.1. The molecule has 0 bridgehead atoms. The van der Waals surface area contributed by atoms with Crippen LogP contribution in [0.4, 0.5) is 0 Å². The zero-order chi connectivity index (χ0) is 15.5. The normalized spacial score (nSPS) is 10.8. The van der Waals surface area contributed by atoms with Gasteiger partial charge in [-0.05, 0) is 54.3 Å². The summed E-state index contributed by atoms with van der Waals surface area (Å²) in [4.78, 5) is 10.9. The number of thiol groups is 1. The van der Waals surface area contributed by atoms with E-state index < -0.39 is 0 Å². The third-order valence-corrected chi connectivity index (χ3v) is 3.63. The third kappa shape index (κ3) is 7.27. The van der Waals surface area contributed by atoms with Crippen molar-refractivity contribution in [1.82, 2.24) is 5.32 Å². The van der Waals surface area contributed by atoms with E-state index in [-0.39, 0.29) is 18.3 Å². The molecule has 0 aromatic heterocycles. The lowest BCUT2D eigenvalue weighted by Crippen LogP contribution is -2.11. The van der Waals surface area contributed by atoms with E-state index in [2.05, 4.69) is 47.6 Å². The first-order valence-corrected chi connectivity index (χ1v) is 8.22. The molecule has 1 atom stereocenters. The zero-order valence-corrected chi connectivity index (χ0v) is 13.7. The molecule has 5 heteroatoms. The SMILES string of the molecule is CN[C@H](C)c1ccc(C#CC#CCOCC(=O)SS)cc1. The fraction of sp³-hybridized carbons (Fsp3) is 0.312. The Balaban J connectivity index is 2.43. The molecule has 21 heavy (non-hydrogen) atoms. The second-order valence-corrected chi connectivity index (χ2v) is 5.33. The highest BCUT2D eigenvalue weighted by atomic mass is 33.1. The number of carbonyl (C=O) groups is 1. The lowest BCUT2D eigenvalue weighted by Gasteiger charge is -2.09. The maximum Gasteiger partial charge on any atom is 0.224 e. The van der Waals surface area contributed by atoms with Crippen LogP contribution in [0.25, 0.3) is 0 Å². The van der Waals surface area contributed by atoms with Crippen LogP contribution in [-0.4, -0.2) is 25.4 Å². The van der Waals surface area contributed by atoms with Gasteiger partial charge in [-0.2, -0.15) is 0 Å². The van der Waals surface area contributed by atoms with Crippen LogP contribution in [0.1, 0.15) is 24.1 Å². The van der Waals surface area contributed by atoms with Crippen molar-refractivity contribution in [2.45, 2.75) is 13.0 Å². The van der Waals surface area contributed by atoms with Crippen molar-refractivity contribution >= 4 is 27.6 Å².